The number of nitrogens with one attached hydrogen (secondary N) is 1. The van der Waals surface area contributed by atoms with Crippen molar-refractivity contribution in [3.05, 3.63) is 77.4 Å². The maximum Gasteiger partial charge on any atom is 0.325 e. The molecule has 2 aromatic heterocycles. The number of hydrogen-bond donors (Lipinski definition) is 3. The van der Waals surface area contributed by atoms with Crippen molar-refractivity contribution in [1.82, 2.24) is 20.2 Å². The van der Waals surface area contributed by atoms with Crippen LogP contribution in [0.3, 0.4) is 0 Å². The lowest BCUT2D eigenvalue weighted by Crippen LogP contribution is -1.96. The first-order chi connectivity index (χ1) is 16.8. The van der Waals surface area contributed by atoms with Gasteiger partial charge in [-0.05, 0) is 73.7 Å². The molecule has 0 aliphatic carbocycles. The molecule has 3 N–H and O–H groups in total. The normalized spacial score (nSPS) is 11.9. The molecule has 0 amide bonds. The molecular weight excluding hydrogens is 463 g/mol. The predicted octanol–water partition coefficient (Wildman–Crippen LogP) is 5.67. The second-order valence-electron chi connectivity index (χ2n) is 8.69. The molecule has 35 heavy (non-hydrogen) atoms. The Balaban J connectivity index is 1.42. The molecule has 5 aromatic rings. The lowest BCUT2D eigenvalue weighted by Gasteiger charge is -2.11. The quantitative estimate of drug-likeness (QED) is 0.252. The first-order valence-electron chi connectivity index (χ1n) is 11.3. The van der Waals surface area contributed by atoms with Crippen LogP contribution >= 0.6 is 7.60 Å². The van der Waals surface area contributed by atoms with Crippen molar-refractivity contribution in [3.63, 3.8) is 0 Å². The van der Waals surface area contributed by atoms with E-state index in [9.17, 15) is 4.57 Å². The molecule has 0 radical (unpaired) electrons. The van der Waals surface area contributed by atoms with Crippen molar-refractivity contribution in [2.75, 3.05) is 6.16 Å². The van der Waals surface area contributed by atoms with Gasteiger partial charge in [-0.1, -0.05) is 30.3 Å². The fourth-order valence-corrected chi connectivity index (χ4v) is 4.93. The minimum absolute atomic E-state index is 0.106. The van der Waals surface area contributed by atoms with E-state index in [1.807, 2.05) is 62.4 Å². The number of aryl methyl sites for hydroxylation is 3. The van der Waals surface area contributed by atoms with Gasteiger partial charge in [0.1, 0.15) is 5.82 Å². The fourth-order valence-electron chi connectivity index (χ4n) is 4.36. The van der Waals surface area contributed by atoms with E-state index < -0.39 is 7.60 Å². The summed E-state index contributed by atoms with van der Waals surface area (Å²) in [5.41, 5.74) is 7.55. The summed E-state index contributed by atoms with van der Waals surface area (Å²) in [5.74, 6) is 1.68. The van der Waals surface area contributed by atoms with Crippen LogP contribution in [-0.2, 0) is 11.0 Å². The van der Waals surface area contributed by atoms with Gasteiger partial charge in [-0.25, -0.2) is 4.98 Å². The topological polar surface area (TPSA) is 125 Å². The first-order valence-corrected chi connectivity index (χ1v) is 13.1. The zero-order valence-electron chi connectivity index (χ0n) is 19.4. The average molecular weight is 488 g/mol. The monoisotopic (exact) mass is 488 g/mol. The molecule has 2 heterocycles. The zero-order chi connectivity index (χ0) is 24.6. The van der Waals surface area contributed by atoms with Crippen LogP contribution in [0.4, 0.5) is 0 Å². The van der Waals surface area contributed by atoms with Crippen molar-refractivity contribution in [3.8, 4) is 34.3 Å². The van der Waals surface area contributed by atoms with Crippen LogP contribution in [0.5, 0.6) is 0 Å². The van der Waals surface area contributed by atoms with Crippen LogP contribution in [0.15, 0.2) is 65.1 Å². The molecule has 178 valence electrons. The fraction of sp³-hybridized carbons (Fsp3) is 0.192. The Bertz CT molecular complexity index is 1530. The highest BCUT2D eigenvalue weighted by atomic mass is 31.2. The molecule has 0 aliphatic rings. The molecule has 9 heteroatoms. The summed E-state index contributed by atoms with van der Waals surface area (Å²) < 4.78 is 17.0. The number of H-pyrrole nitrogens is 1. The Morgan fingerprint density at radius 2 is 1.60 bits per heavy atom. The number of hydrogen-bond acceptors (Lipinski definition) is 5. The lowest BCUT2D eigenvalue weighted by atomic mass is 9.97. The van der Waals surface area contributed by atoms with Gasteiger partial charge in [0.2, 0.25) is 11.8 Å². The maximum absolute atomic E-state index is 11.1. The average Bonchev–Trinajstić information content (AvgIpc) is 3.45. The number of aromatic nitrogens is 4. The second-order valence-corrected chi connectivity index (χ2v) is 10.5. The summed E-state index contributed by atoms with van der Waals surface area (Å²) >= 11 is 0. The third kappa shape index (κ3) is 5.10. The Kier molecular flexibility index (Phi) is 6.11. The van der Waals surface area contributed by atoms with Crippen molar-refractivity contribution >= 4 is 18.6 Å². The highest BCUT2D eigenvalue weighted by Crippen LogP contribution is 2.36. The van der Waals surface area contributed by atoms with Gasteiger partial charge in [0.05, 0.1) is 17.2 Å². The SMILES string of the molecule is Cc1cc(CCCP(=O)(O)O)cc(C)c1-c1nc2ccc(-c3nnc(-c4ccccc4)o3)cc2[nH]1. The van der Waals surface area contributed by atoms with Crippen LogP contribution in [0.2, 0.25) is 0 Å². The van der Waals surface area contributed by atoms with Gasteiger partial charge in [0, 0.05) is 16.7 Å². The van der Waals surface area contributed by atoms with Gasteiger partial charge in [-0.3, -0.25) is 4.57 Å². The smallest absolute Gasteiger partial charge is 0.325 e. The summed E-state index contributed by atoms with van der Waals surface area (Å²) in [4.78, 5) is 26.4. The van der Waals surface area contributed by atoms with E-state index in [0.29, 0.717) is 24.6 Å². The van der Waals surface area contributed by atoms with Gasteiger partial charge in [-0.2, -0.15) is 0 Å². The first kappa shape index (κ1) is 23.2. The Hall–Kier alpha value is -3.58. The molecule has 0 bridgehead atoms. The predicted molar refractivity (Wildman–Crippen MR) is 135 cm³/mol. The highest BCUT2D eigenvalue weighted by molar-refractivity contribution is 7.51. The van der Waals surface area contributed by atoms with Crippen LogP contribution in [0.25, 0.3) is 45.3 Å². The summed E-state index contributed by atoms with van der Waals surface area (Å²) in [7, 11) is -3.97. The van der Waals surface area contributed by atoms with Crippen LogP contribution in [-0.4, -0.2) is 36.1 Å². The van der Waals surface area contributed by atoms with E-state index >= 15 is 0 Å². The van der Waals surface area contributed by atoms with Gasteiger partial charge in [-0.15, -0.1) is 10.2 Å². The number of rotatable bonds is 7. The van der Waals surface area contributed by atoms with E-state index in [-0.39, 0.29) is 6.16 Å². The van der Waals surface area contributed by atoms with Gasteiger partial charge >= 0.3 is 7.60 Å². The molecule has 0 fully saturated rings. The van der Waals surface area contributed by atoms with E-state index in [0.717, 1.165) is 50.2 Å². The largest absolute Gasteiger partial charge is 0.416 e. The summed E-state index contributed by atoms with van der Waals surface area (Å²) in [6.45, 7) is 4.05. The molecule has 0 spiro atoms. The van der Waals surface area contributed by atoms with Crippen LogP contribution in [0, 0.1) is 13.8 Å². The van der Waals surface area contributed by atoms with E-state index in [2.05, 4.69) is 27.3 Å². The third-order valence-electron chi connectivity index (χ3n) is 5.92. The second kappa shape index (κ2) is 9.23. The zero-order valence-corrected chi connectivity index (χ0v) is 20.3. The number of fused-ring (bicyclic) bond motifs is 1. The standard InChI is InChI=1S/C26H25N4O4P/c1-16-13-18(7-6-12-35(31,32)33)14-17(2)23(16)24-27-21-11-10-20(15-22(21)28-24)26-30-29-25(34-26)19-8-4-3-5-9-19/h3-5,8-11,13-15H,6-7,12H2,1-2H3,(H,27,28)(H2,31,32,33). The molecule has 0 saturated heterocycles. The van der Waals surface area contributed by atoms with Gasteiger partial charge < -0.3 is 19.2 Å². The molecule has 8 nitrogen and oxygen atoms in total. The lowest BCUT2D eigenvalue weighted by molar-refractivity contribution is 0.371. The Morgan fingerprint density at radius 1 is 0.914 bits per heavy atom. The van der Waals surface area contributed by atoms with Gasteiger partial charge in [0.25, 0.3) is 0 Å². The van der Waals surface area contributed by atoms with Crippen molar-refractivity contribution in [1.29, 1.82) is 0 Å². The summed E-state index contributed by atoms with van der Waals surface area (Å²) in [6, 6.07) is 19.6. The minimum atomic E-state index is -3.97. The minimum Gasteiger partial charge on any atom is -0.416 e. The number of imidazole rings is 1. The van der Waals surface area contributed by atoms with E-state index in [1.165, 1.54) is 0 Å². The Morgan fingerprint density at radius 3 is 2.29 bits per heavy atom. The van der Waals surface area contributed by atoms with E-state index in [4.69, 9.17) is 19.2 Å². The Labute approximate surface area is 202 Å². The third-order valence-corrected chi connectivity index (χ3v) is 6.82. The molecule has 0 saturated carbocycles. The molecule has 0 atom stereocenters. The molecule has 5 rings (SSSR count). The number of aromatic amines is 1. The van der Waals surface area contributed by atoms with E-state index in [1.54, 1.807) is 0 Å². The van der Waals surface area contributed by atoms with Crippen LogP contribution in [0.1, 0.15) is 23.1 Å². The molecule has 0 aliphatic heterocycles. The molecular formula is C26H25N4O4P. The van der Waals surface area contributed by atoms with Crippen molar-refractivity contribution in [2.45, 2.75) is 26.7 Å². The highest BCUT2D eigenvalue weighted by Gasteiger charge is 2.16. The number of nitrogens with zero attached hydrogens (tertiary/aromatic N) is 3. The van der Waals surface area contributed by atoms with Crippen molar-refractivity contribution in [2.24, 2.45) is 0 Å². The maximum atomic E-state index is 11.1. The number of benzene rings is 3. The molecule has 3 aromatic carbocycles. The van der Waals surface area contributed by atoms with Crippen molar-refractivity contribution < 1.29 is 18.8 Å². The van der Waals surface area contributed by atoms with Gasteiger partial charge in [0.15, 0.2) is 0 Å². The summed E-state index contributed by atoms with van der Waals surface area (Å²) in [5, 5.41) is 8.39. The molecule has 0 unspecified atom stereocenters. The van der Waals surface area contributed by atoms with Crippen LogP contribution < -0.4 is 0 Å². The summed E-state index contributed by atoms with van der Waals surface area (Å²) in [6.07, 6.45) is 0.953.